The maximum absolute atomic E-state index is 12.8. The number of methoxy groups -OCH3 is 1. The lowest BCUT2D eigenvalue weighted by molar-refractivity contribution is -0.0513. The SMILES string of the molecule is COc1cccc(/C=C(\C#N)c2nc3sc(C)c(C)c3c(=O)[nH]2)c1OC(F)F. The molecule has 144 valence electrons. The van der Waals surface area contributed by atoms with Crippen molar-refractivity contribution in [1.82, 2.24) is 9.97 Å². The van der Waals surface area contributed by atoms with E-state index in [4.69, 9.17) is 4.74 Å². The predicted molar refractivity (Wildman–Crippen MR) is 103 cm³/mol. The molecule has 0 unspecified atom stereocenters. The van der Waals surface area contributed by atoms with Crippen LogP contribution in [0.4, 0.5) is 8.78 Å². The second-order valence-electron chi connectivity index (χ2n) is 5.80. The highest BCUT2D eigenvalue weighted by Crippen LogP contribution is 2.35. The van der Waals surface area contributed by atoms with Crippen molar-refractivity contribution >= 4 is 33.2 Å². The number of aromatic nitrogens is 2. The molecule has 28 heavy (non-hydrogen) atoms. The van der Waals surface area contributed by atoms with Gasteiger partial charge in [0.05, 0.1) is 18.1 Å². The van der Waals surface area contributed by atoms with Gasteiger partial charge in [-0.2, -0.15) is 14.0 Å². The van der Waals surface area contributed by atoms with E-state index < -0.39 is 6.61 Å². The average molecular weight is 403 g/mol. The number of allylic oxidation sites excluding steroid dienone is 1. The summed E-state index contributed by atoms with van der Waals surface area (Å²) in [7, 11) is 1.32. The van der Waals surface area contributed by atoms with E-state index in [-0.39, 0.29) is 34.0 Å². The van der Waals surface area contributed by atoms with E-state index in [1.807, 2.05) is 19.9 Å². The molecule has 0 fully saturated rings. The second-order valence-corrected chi connectivity index (χ2v) is 7.01. The summed E-state index contributed by atoms with van der Waals surface area (Å²) in [6.07, 6.45) is 1.32. The standard InChI is InChI=1S/C19H15F2N3O3S/c1-9-10(2)28-18-14(9)17(25)23-16(24-18)12(8-22)7-11-5-4-6-13(26-3)15(11)27-19(20)21/h4-7,19H,1-3H3,(H,23,24,25)/b12-7+. The number of nitrogens with one attached hydrogen (secondary N) is 1. The molecule has 0 aliphatic rings. The zero-order valence-electron chi connectivity index (χ0n) is 15.2. The molecule has 1 N–H and O–H groups in total. The number of nitriles is 1. The maximum Gasteiger partial charge on any atom is 0.387 e. The van der Waals surface area contributed by atoms with Crippen molar-refractivity contribution in [2.75, 3.05) is 7.11 Å². The molecule has 0 saturated carbocycles. The molecule has 1 aromatic carbocycles. The smallest absolute Gasteiger partial charge is 0.387 e. The molecule has 9 heteroatoms. The molecule has 0 amide bonds. The van der Waals surface area contributed by atoms with Gasteiger partial charge in [0.2, 0.25) is 0 Å². The first kappa shape index (κ1) is 19.5. The topological polar surface area (TPSA) is 88.0 Å². The fourth-order valence-electron chi connectivity index (χ4n) is 2.71. The number of benzene rings is 1. The highest BCUT2D eigenvalue weighted by atomic mass is 32.1. The first-order chi connectivity index (χ1) is 13.3. The van der Waals surface area contributed by atoms with Crippen LogP contribution in [0, 0.1) is 25.2 Å². The van der Waals surface area contributed by atoms with Crippen LogP contribution in [0.3, 0.4) is 0 Å². The fourth-order valence-corrected chi connectivity index (χ4v) is 3.74. The number of para-hydroxylation sites is 1. The molecule has 0 spiro atoms. The van der Waals surface area contributed by atoms with Gasteiger partial charge in [-0.25, -0.2) is 4.98 Å². The summed E-state index contributed by atoms with van der Waals surface area (Å²) < 4.78 is 35.2. The maximum atomic E-state index is 12.8. The molecule has 0 saturated heterocycles. The van der Waals surface area contributed by atoms with Crippen LogP contribution < -0.4 is 15.0 Å². The normalized spacial score (nSPS) is 11.7. The van der Waals surface area contributed by atoms with E-state index >= 15 is 0 Å². The lowest BCUT2D eigenvalue weighted by atomic mass is 10.1. The quantitative estimate of drug-likeness (QED) is 0.643. The van der Waals surface area contributed by atoms with E-state index in [0.29, 0.717) is 10.2 Å². The molecule has 3 aromatic rings. The number of halogens is 2. The van der Waals surface area contributed by atoms with Gasteiger partial charge in [-0.3, -0.25) is 4.79 Å². The van der Waals surface area contributed by atoms with Crippen LogP contribution in [0.15, 0.2) is 23.0 Å². The minimum Gasteiger partial charge on any atom is -0.493 e. The third-order valence-electron chi connectivity index (χ3n) is 4.15. The Kier molecular flexibility index (Phi) is 5.42. The lowest BCUT2D eigenvalue weighted by Gasteiger charge is -2.12. The average Bonchev–Trinajstić information content (AvgIpc) is 2.94. The Bertz CT molecular complexity index is 1180. The van der Waals surface area contributed by atoms with Gasteiger partial charge in [0, 0.05) is 10.4 Å². The summed E-state index contributed by atoms with van der Waals surface area (Å²) in [5, 5.41) is 10.0. The highest BCUT2D eigenvalue weighted by Gasteiger charge is 2.17. The summed E-state index contributed by atoms with van der Waals surface area (Å²) >= 11 is 1.35. The van der Waals surface area contributed by atoms with Crippen LogP contribution in [0.25, 0.3) is 21.9 Å². The van der Waals surface area contributed by atoms with Crippen LogP contribution >= 0.6 is 11.3 Å². The van der Waals surface area contributed by atoms with Gasteiger partial charge >= 0.3 is 6.61 Å². The fraction of sp³-hybridized carbons (Fsp3) is 0.211. The number of aryl methyl sites for hydroxylation is 2. The monoisotopic (exact) mass is 403 g/mol. The number of nitrogens with zero attached hydrogens (tertiary/aromatic N) is 2. The minimum atomic E-state index is -3.07. The summed E-state index contributed by atoms with van der Waals surface area (Å²) in [5.41, 5.74) is 0.661. The largest absolute Gasteiger partial charge is 0.493 e. The van der Waals surface area contributed by atoms with Crippen molar-refractivity contribution in [2.45, 2.75) is 20.5 Å². The lowest BCUT2D eigenvalue weighted by Crippen LogP contribution is -2.11. The molecule has 2 heterocycles. The van der Waals surface area contributed by atoms with Crippen LogP contribution in [0.1, 0.15) is 21.8 Å². The molecule has 0 radical (unpaired) electrons. The Morgan fingerprint density at radius 3 is 2.79 bits per heavy atom. The molecule has 0 aliphatic carbocycles. The number of hydrogen-bond donors (Lipinski definition) is 1. The van der Waals surface area contributed by atoms with Crippen molar-refractivity contribution in [3.63, 3.8) is 0 Å². The van der Waals surface area contributed by atoms with Crippen LogP contribution in [0.5, 0.6) is 11.5 Å². The number of thiophene rings is 1. The molecule has 0 aliphatic heterocycles. The van der Waals surface area contributed by atoms with E-state index in [9.17, 15) is 18.8 Å². The third-order valence-corrected chi connectivity index (χ3v) is 5.25. The van der Waals surface area contributed by atoms with Gasteiger partial charge in [-0.15, -0.1) is 11.3 Å². The van der Waals surface area contributed by atoms with E-state index in [1.54, 1.807) is 6.07 Å². The molecule has 0 atom stereocenters. The Morgan fingerprint density at radius 2 is 2.14 bits per heavy atom. The summed E-state index contributed by atoms with van der Waals surface area (Å²) in [6, 6.07) is 6.48. The van der Waals surface area contributed by atoms with Gasteiger partial charge in [0.25, 0.3) is 5.56 Å². The van der Waals surface area contributed by atoms with E-state index in [2.05, 4.69) is 14.7 Å². The third kappa shape index (κ3) is 3.59. The van der Waals surface area contributed by atoms with Crippen molar-refractivity contribution in [3.8, 4) is 17.6 Å². The number of hydrogen-bond acceptors (Lipinski definition) is 6. The zero-order chi connectivity index (χ0) is 20.4. The first-order valence-electron chi connectivity index (χ1n) is 8.09. The molecule has 0 bridgehead atoms. The number of H-pyrrole nitrogens is 1. The number of fused-ring (bicyclic) bond motifs is 1. The van der Waals surface area contributed by atoms with E-state index in [1.165, 1.54) is 36.7 Å². The molecule has 2 aromatic heterocycles. The van der Waals surface area contributed by atoms with Crippen molar-refractivity contribution < 1.29 is 18.3 Å². The molecule has 3 rings (SSSR count). The molecular weight excluding hydrogens is 388 g/mol. The minimum absolute atomic E-state index is 0.00456. The van der Waals surface area contributed by atoms with Gasteiger partial charge < -0.3 is 14.5 Å². The van der Waals surface area contributed by atoms with Crippen molar-refractivity contribution in [3.05, 3.63) is 50.4 Å². The van der Waals surface area contributed by atoms with Gasteiger partial charge in [0.15, 0.2) is 17.3 Å². The molecule has 6 nitrogen and oxygen atoms in total. The zero-order valence-corrected chi connectivity index (χ0v) is 16.0. The number of alkyl halides is 2. The molecular formula is C19H15F2N3O3S. The van der Waals surface area contributed by atoms with Gasteiger partial charge in [-0.05, 0) is 31.6 Å². The first-order valence-corrected chi connectivity index (χ1v) is 8.91. The number of rotatable bonds is 5. The van der Waals surface area contributed by atoms with Crippen LogP contribution in [0.2, 0.25) is 0 Å². The van der Waals surface area contributed by atoms with Crippen LogP contribution in [-0.4, -0.2) is 23.7 Å². The van der Waals surface area contributed by atoms with Gasteiger partial charge in [-0.1, -0.05) is 12.1 Å². The van der Waals surface area contributed by atoms with E-state index in [0.717, 1.165) is 10.4 Å². The number of ether oxygens (including phenoxy) is 2. The summed E-state index contributed by atoms with van der Waals surface area (Å²) in [5.74, 6) is -0.0706. The Morgan fingerprint density at radius 1 is 1.39 bits per heavy atom. The second kappa shape index (κ2) is 7.78. The van der Waals surface area contributed by atoms with Crippen molar-refractivity contribution in [2.24, 2.45) is 0 Å². The number of aromatic amines is 1. The summed E-state index contributed by atoms with van der Waals surface area (Å²) in [4.78, 5) is 20.9. The van der Waals surface area contributed by atoms with Crippen molar-refractivity contribution in [1.29, 1.82) is 5.26 Å². The Balaban J connectivity index is 2.18. The summed E-state index contributed by atoms with van der Waals surface area (Å²) in [6.45, 7) is 0.641. The highest BCUT2D eigenvalue weighted by molar-refractivity contribution is 7.18. The predicted octanol–water partition coefficient (Wildman–Crippen LogP) is 4.28. The Hall–Kier alpha value is -3.25. The van der Waals surface area contributed by atoms with Gasteiger partial charge in [0.1, 0.15) is 10.9 Å². The van der Waals surface area contributed by atoms with Crippen LogP contribution in [-0.2, 0) is 0 Å². The Labute approximate surface area is 162 Å².